The quantitative estimate of drug-likeness (QED) is 0.216. The van der Waals surface area contributed by atoms with Crippen molar-refractivity contribution in [3.63, 3.8) is 0 Å². The summed E-state index contributed by atoms with van der Waals surface area (Å²) in [6, 6.07) is 9.38. The fourth-order valence-corrected chi connectivity index (χ4v) is 3.82. The van der Waals surface area contributed by atoms with Gasteiger partial charge in [0.2, 0.25) is 10.0 Å². The van der Waals surface area contributed by atoms with Crippen molar-refractivity contribution in [1.82, 2.24) is 5.32 Å². The number of nitrogens with two attached hydrogens (primary N) is 1. The molecule has 0 bridgehead atoms. The molecular formula is C14H16N4O6S2. The summed E-state index contributed by atoms with van der Waals surface area (Å²) in [7, 11) is -4.27. The van der Waals surface area contributed by atoms with E-state index in [0.717, 1.165) is 17.0 Å². The smallest absolute Gasteiger partial charge is 0.376 e. The molecule has 0 saturated heterocycles. The monoisotopic (exact) mass is 400 g/mol. The van der Waals surface area contributed by atoms with Gasteiger partial charge in [-0.15, -0.1) is 11.8 Å². The van der Waals surface area contributed by atoms with Gasteiger partial charge in [-0.3, -0.25) is 20.2 Å². The molecule has 0 aliphatic heterocycles. The van der Waals surface area contributed by atoms with Crippen molar-refractivity contribution in [2.24, 2.45) is 5.14 Å². The second kappa shape index (κ2) is 7.85. The Morgan fingerprint density at radius 1 is 1.15 bits per heavy atom. The van der Waals surface area contributed by atoms with Crippen LogP contribution < -0.4 is 10.5 Å². The molecule has 1 aromatic carbocycles. The van der Waals surface area contributed by atoms with Gasteiger partial charge in [0, 0.05) is 17.2 Å². The van der Waals surface area contributed by atoms with Crippen LogP contribution in [0, 0.1) is 20.2 Å². The number of nitrogens with one attached hydrogen (secondary N) is 1. The average Bonchev–Trinajstić information content (AvgIpc) is 2.58. The minimum atomic E-state index is -4.27. The van der Waals surface area contributed by atoms with Gasteiger partial charge in [-0.25, -0.2) is 13.6 Å². The van der Waals surface area contributed by atoms with Crippen molar-refractivity contribution < 1.29 is 18.3 Å². The first-order valence-electron chi connectivity index (χ1n) is 7.33. The maximum Gasteiger partial charge on any atom is 0.502 e. The second-order valence-corrected chi connectivity index (χ2v) is 8.14. The maximum atomic E-state index is 11.5. The van der Waals surface area contributed by atoms with E-state index in [4.69, 9.17) is 5.14 Å². The molecule has 0 amide bonds. The molecule has 10 nitrogen and oxygen atoms in total. The SMILES string of the molecule is NS(=O)(=O)C1=CC=C(NCCSc2ccccc2)C([N+](=O)[O-])([N+](=O)[O-])C1. The van der Waals surface area contributed by atoms with E-state index in [0.29, 0.717) is 5.75 Å². The molecule has 1 aliphatic carbocycles. The topological polar surface area (TPSA) is 158 Å². The Morgan fingerprint density at radius 2 is 1.77 bits per heavy atom. The number of nitro groups is 2. The molecule has 3 N–H and O–H groups in total. The molecule has 1 aliphatic rings. The highest BCUT2D eigenvalue weighted by Gasteiger charge is 2.62. The molecule has 0 unspecified atom stereocenters. The van der Waals surface area contributed by atoms with Crippen LogP contribution in [-0.4, -0.2) is 36.2 Å². The fraction of sp³-hybridized carbons (Fsp3) is 0.286. The second-order valence-electron chi connectivity index (χ2n) is 5.35. The lowest BCUT2D eigenvalue weighted by Gasteiger charge is -2.24. The lowest BCUT2D eigenvalue weighted by molar-refractivity contribution is -0.784. The highest BCUT2D eigenvalue weighted by atomic mass is 32.2. The number of thioether (sulfide) groups is 1. The summed E-state index contributed by atoms with van der Waals surface area (Å²) in [6.45, 7) is 0.216. The highest BCUT2D eigenvalue weighted by Crippen LogP contribution is 2.33. The van der Waals surface area contributed by atoms with Gasteiger partial charge in [-0.2, -0.15) is 0 Å². The molecule has 26 heavy (non-hydrogen) atoms. The fourth-order valence-electron chi connectivity index (χ4n) is 2.37. The van der Waals surface area contributed by atoms with E-state index in [-0.39, 0.29) is 12.2 Å². The Bertz CT molecular complexity index is 853. The molecule has 0 spiro atoms. The molecule has 2 rings (SSSR count). The van der Waals surface area contributed by atoms with Crippen molar-refractivity contribution in [1.29, 1.82) is 0 Å². The van der Waals surface area contributed by atoms with E-state index in [2.05, 4.69) is 5.32 Å². The zero-order chi connectivity index (χ0) is 19.4. The maximum absolute atomic E-state index is 11.5. The van der Waals surface area contributed by atoms with Crippen LogP contribution in [-0.2, 0) is 10.0 Å². The third kappa shape index (κ3) is 4.20. The van der Waals surface area contributed by atoms with E-state index in [9.17, 15) is 28.6 Å². The first kappa shape index (κ1) is 19.9. The Labute approximate surface area is 153 Å². The number of hydrogen-bond acceptors (Lipinski definition) is 8. The number of rotatable bonds is 8. The van der Waals surface area contributed by atoms with Gasteiger partial charge in [0.1, 0.15) is 16.3 Å². The van der Waals surface area contributed by atoms with Crippen LogP contribution in [0.15, 0.2) is 58.0 Å². The lowest BCUT2D eigenvalue weighted by Crippen LogP contribution is -2.53. The Kier molecular flexibility index (Phi) is 6.00. The molecule has 0 heterocycles. The molecule has 0 radical (unpaired) electrons. The van der Waals surface area contributed by atoms with Gasteiger partial charge in [-0.05, 0) is 24.3 Å². The number of sulfonamides is 1. The molecule has 12 heteroatoms. The van der Waals surface area contributed by atoms with Crippen LogP contribution in [0.5, 0.6) is 0 Å². The normalized spacial score (nSPS) is 16.3. The number of benzene rings is 1. The summed E-state index contributed by atoms with van der Waals surface area (Å²) in [5, 5.41) is 30.6. The minimum absolute atomic E-state index is 0.216. The number of nitrogens with zero attached hydrogens (tertiary/aromatic N) is 2. The number of primary sulfonamides is 1. The van der Waals surface area contributed by atoms with Crippen molar-refractivity contribution in [3.05, 3.63) is 73.3 Å². The lowest BCUT2D eigenvalue weighted by atomic mass is 9.97. The molecule has 0 atom stereocenters. The Balaban J connectivity index is 2.18. The molecule has 0 fully saturated rings. The van der Waals surface area contributed by atoms with Crippen molar-refractivity contribution in [2.45, 2.75) is 17.0 Å². The summed E-state index contributed by atoms with van der Waals surface area (Å²) < 4.78 is 22.9. The first-order chi connectivity index (χ1) is 12.2. The van der Waals surface area contributed by atoms with E-state index in [1.165, 1.54) is 11.8 Å². The summed E-state index contributed by atoms with van der Waals surface area (Å²) in [4.78, 5) is 21.2. The van der Waals surface area contributed by atoms with Crippen LogP contribution in [0.2, 0.25) is 0 Å². The molecule has 0 aromatic heterocycles. The zero-order valence-electron chi connectivity index (χ0n) is 13.4. The van der Waals surface area contributed by atoms with Gasteiger partial charge in [0.05, 0.1) is 4.91 Å². The predicted octanol–water partition coefficient (Wildman–Crippen LogP) is 1.08. The first-order valence-corrected chi connectivity index (χ1v) is 9.86. The molecular weight excluding hydrogens is 384 g/mol. The van der Waals surface area contributed by atoms with Gasteiger partial charge >= 0.3 is 5.66 Å². The predicted molar refractivity (Wildman–Crippen MR) is 95.8 cm³/mol. The van der Waals surface area contributed by atoms with Gasteiger partial charge in [-0.1, -0.05) is 18.2 Å². The van der Waals surface area contributed by atoms with Crippen LogP contribution in [0.3, 0.4) is 0 Å². The molecule has 1 aromatic rings. The third-order valence-electron chi connectivity index (χ3n) is 3.69. The summed E-state index contributed by atoms with van der Waals surface area (Å²) >= 11 is 1.47. The minimum Gasteiger partial charge on any atom is -0.376 e. The van der Waals surface area contributed by atoms with Gasteiger partial charge in [0.25, 0.3) is 0 Å². The van der Waals surface area contributed by atoms with Crippen LogP contribution in [0.1, 0.15) is 6.42 Å². The third-order valence-corrected chi connectivity index (χ3v) is 5.71. The number of allylic oxidation sites excluding steroid dienone is 2. The largest absolute Gasteiger partial charge is 0.502 e. The van der Waals surface area contributed by atoms with Gasteiger partial charge in [0.15, 0.2) is 5.70 Å². The van der Waals surface area contributed by atoms with Crippen LogP contribution >= 0.6 is 11.8 Å². The van der Waals surface area contributed by atoms with E-state index < -0.39 is 36.9 Å². The standard InChI is InChI=1S/C14H16N4O6S2/c15-26(23,24)12-6-7-13(14(10-12,17(19)20)18(21)22)16-8-9-25-11-4-2-1-3-5-11/h1-7,16H,8-10H2,(H2,15,23,24). The molecule has 0 saturated carbocycles. The Morgan fingerprint density at radius 3 is 2.31 bits per heavy atom. The zero-order valence-corrected chi connectivity index (χ0v) is 15.0. The van der Waals surface area contributed by atoms with Crippen molar-refractivity contribution >= 4 is 21.8 Å². The average molecular weight is 400 g/mol. The summed E-state index contributed by atoms with van der Waals surface area (Å²) in [5.41, 5.74) is -3.10. The van der Waals surface area contributed by atoms with E-state index in [1.807, 2.05) is 30.3 Å². The molecule has 140 valence electrons. The van der Waals surface area contributed by atoms with E-state index >= 15 is 0 Å². The van der Waals surface area contributed by atoms with Crippen molar-refractivity contribution in [3.8, 4) is 0 Å². The number of hydrogen-bond donors (Lipinski definition) is 2. The summed E-state index contributed by atoms with van der Waals surface area (Å²) in [5.74, 6) is 0.499. The van der Waals surface area contributed by atoms with Crippen LogP contribution in [0.25, 0.3) is 0 Å². The van der Waals surface area contributed by atoms with Crippen molar-refractivity contribution in [2.75, 3.05) is 12.3 Å². The Hall–Kier alpha value is -2.44. The van der Waals surface area contributed by atoms with Gasteiger partial charge < -0.3 is 5.32 Å². The van der Waals surface area contributed by atoms with Crippen LogP contribution in [0.4, 0.5) is 0 Å². The van der Waals surface area contributed by atoms with E-state index in [1.54, 1.807) is 0 Å². The highest BCUT2D eigenvalue weighted by molar-refractivity contribution is 7.99. The summed E-state index contributed by atoms with van der Waals surface area (Å²) in [6.07, 6.45) is 1.13.